The molecule has 1 aliphatic rings. The van der Waals surface area contributed by atoms with Gasteiger partial charge in [0.2, 0.25) is 12.7 Å². The number of carbonyl (C=O) groups excluding carboxylic acids is 1. The van der Waals surface area contributed by atoms with Crippen LogP contribution < -0.4 is 14.8 Å². The van der Waals surface area contributed by atoms with Gasteiger partial charge in [0.05, 0.1) is 5.69 Å². The third kappa shape index (κ3) is 5.23. The van der Waals surface area contributed by atoms with E-state index in [-0.39, 0.29) is 24.5 Å². The topological polar surface area (TPSA) is 64.9 Å². The van der Waals surface area contributed by atoms with E-state index in [0.29, 0.717) is 18.7 Å². The fourth-order valence-electron chi connectivity index (χ4n) is 5.51. The number of benzene rings is 3. The molecule has 39 heavy (non-hydrogen) atoms. The van der Waals surface area contributed by atoms with Gasteiger partial charge in [-0.3, -0.25) is 4.79 Å². The Kier molecular flexibility index (Phi) is 7.00. The summed E-state index contributed by atoms with van der Waals surface area (Å²) < 4.78 is 13.3. The first kappa shape index (κ1) is 24.7. The highest BCUT2D eigenvalue weighted by Gasteiger charge is 2.25. The maximum atomic E-state index is 13.4. The molecule has 196 valence electrons. The second kappa shape index (κ2) is 11.0. The van der Waals surface area contributed by atoms with Gasteiger partial charge in [0, 0.05) is 36.7 Å². The zero-order valence-electron chi connectivity index (χ0n) is 21.9. The van der Waals surface area contributed by atoms with Crippen molar-refractivity contribution in [2.75, 3.05) is 13.3 Å². The van der Waals surface area contributed by atoms with Crippen molar-refractivity contribution in [3.8, 4) is 11.5 Å². The second-order valence-electron chi connectivity index (χ2n) is 9.93. The van der Waals surface area contributed by atoms with E-state index in [2.05, 4.69) is 76.2 Å². The van der Waals surface area contributed by atoms with Crippen molar-refractivity contribution in [2.45, 2.75) is 31.6 Å². The number of aromatic nitrogens is 2. The predicted octanol–water partition coefficient (Wildman–Crippen LogP) is 6.23. The number of carbonyl (C=O) groups is 1. The maximum absolute atomic E-state index is 13.4. The summed E-state index contributed by atoms with van der Waals surface area (Å²) >= 11 is 0. The number of amides is 1. The monoisotopic (exact) mass is 517 g/mol. The smallest absolute Gasteiger partial charge is 0.231 e. The second-order valence-corrected chi connectivity index (χ2v) is 9.93. The lowest BCUT2D eigenvalue weighted by Crippen LogP contribution is -2.28. The van der Waals surface area contributed by atoms with Gasteiger partial charge in [0.1, 0.15) is 5.65 Å². The van der Waals surface area contributed by atoms with Crippen LogP contribution in [-0.4, -0.2) is 28.6 Å². The highest BCUT2D eigenvalue weighted by molar-refractivity contribution is 5.77. The van der Waals surface area contributed by atoms with Gasteiger partial charge in [-0.25, -0.2) is 4.98 Å². The Morgan fingerprint density at radius 1 is 0.846 bits per heavy atom. The third-order valence-corrected chi connectivity index (χ3v) is 7.46. The average Bonchev–Trinajstić information content (AvgIpc) is 3.63. The molecule has 1 N–H and O–H groups in total. The lowest BCUT2D eigenvalue weighted by Gasteiger charge is -2.20. The van der Waals surface area contributed by atoms with Crippen LogP contribution in [0.3, 0.4) is 0 Å². The van der Waals surface area contributed by atoms with Gasteiger partial charge in [-0.2, -0.15) is 0 Å². The molecular weight excluding hydrogens is 486 g/mol. The number of hydrogen-bond acceptors (Lipinski definition) is 4. The summed E-state index contributed by atoms with van der Waals surface area (Å²) in [5.74, 6) is 1.44. The maximum Gasteiger partial charge on any atom is 0.231 e. The number of nitrogens with zero attached hydrogens (tertiary/aromatic N) is 2. The Labute approximate surface area is 228 Å². The molecule has 3 aromatic carbocycles. The van der Waals surface area contributed by atoms with Crippen molar-refractivity contribution >= 4 is 11.6 Å². The van der Waals surface area contributed by atoms with E-state index in [1.807, 2.05) is 48.7 Å². The Morgan fingerprint density at radius 3 is 2.31 bits per heavy atom. The van der Waals surface area contributed by atoms with Gasteiger partial charge in [0.15, 0.2) is 11.5 Å². The van der Waals surface area contributed by atoms with Gasteiger partial charge in [-0.15, -0.1) is 0 Å². The number of hydrogen-bond donors (Lipinski definition) is 1. The fraction of sp³-hybridized carbons (Fsp3) is 0.212. The largest absolute Gasteiger partial charge is 0.454 e. The molecule has 6 heteroatoms. The first-order valence-electron chi connectivity index (χ1n) is 13.4. The Morgan fingerprint density at radius 2 is 1.56 bits per heavy atom. The highest BCUT2D eigenvalue weighted by Crippen LogP contribution is 2.38. The number of ether oxygens (including phenoxy) is 2. The number of fused-ring (bicyclic) bond motifs is 2. The molecule has 6 rings (SSSR count). The van der Waals surface area contributed by atoms with E-state index in [4.69, 9.17) is 9.47 Å². The Balaban J connectivity index is 1.23. The molecule has 0 saturated carbocycles. The number of imidazole rings is 1. The molecule has 1 aliphatic heterocycles. The number of pyridine rings is 1. The van der Waals surface area contributed by atoms with Gasteiger partial charge in [-0.05, 0) is 54.3 Å². The van der Waals surface area contributed by atoms with Gasteiger partial charge in [0.25, 0.3) is 0 Å². The molecule has 1 atom stereocenters. The molecule has 6 nitrogen and oxygen atoms in total. The zero-order chi connectivity index (χ0) is 26.6. The van der Waals surface area contributed by atoms with Gasteiger partial charge < -0.3 is 19.2 Å². The summed E-state index contributed by atoms with van der Waals surface area (Å²) in [6.45, 7) is 2.85. The third-order valence-electron chi connectivity index (χ3n) is 7.46. The lowest BCUT2D eigenvalue weighted by atomic mass is 9.88. The van der Waals surface area contributed by atoms with Gasteiger partial charge in [-0.1, -0.05) is 72.8 Å². The van der Waals surface area contributed by atoms with Crippen molar-refractivity contribution in [3.63, 3.8) is 0 Å². The predicted molar refractivity (Wildman–Crippen MR) is 151 cm³/mol. The molecule has 0 saturated heterocycles. The van der Waals surface area contributed by atoms with Crippen LogP contribution in [0.4, 0.5) is 0 Å². The van der Waals surface area contributed by atoms with E-state index >= 15 is 0 Å². The molecule has 0 radical (unpaired) electrons. The number of aryl methyl sites for hydroxylation is 1. The summed E-state index contributed by atoms with van der Waals surface area (Å²) in [6.07, 6.45) is 2.98. The number of rotatable bonds is 9. The molecule has 2 aromatic heterocycles. The minimum atomic E-state index is -0.199. The summed E-state index contributed by atoms with van der Waals surface area (Å²) in [7, 11) is 0. The first-order valence-corrected chi connectivity index (χ1v) is 13.4. The van der Waals surface area contributed by atoms with Crippen molar-refractivity contribution < 1.29 is 14.3 Å². The Hall–Kier alpha value is -4.58. The van der Waals surface area contributed by atoms with E-state index in [1.165, 1.54) is 11.1 Å². The van der Waals surface area contributed by atoms with Crippen molar-refractivity contribution in [1.82, 2.24) is 14.7 Å². The van der Waals surface area contributed by atoms with E-state index in [1.54, 1.807) is 0 Å². The van der Waals surface area contributed by atoms with Crippen LogP contribution in [0, 0.1) is 6.92 Å². The van der Waals surface area contributed by atoms with Crippen molar-refractivity contribution in [3.05, 3.63) is 131 Å². The van der Waals surface area contributed by atoms with E-state index < -0.39 is 0 Å². The van der Waals surface area contributed by atoms with E-state index in [0.717, 1.165) is 34.8 Å². The SMILES string of the molecule is Cc1cccc2ncc(C(CC(=O)NCCC(c3ccccc3)c3ccccc3)c3ccc4c(c3)OCO4)n12. The minimum absolute atomic E-state index is 0.000995. The molecular formula is C33H31N3O3. The van der Waals surface area contributed by atoms with Crippen LogP contribution in [0.2, 0.25) is 0 Å². The van der Waals surface area contributed by atoms with E-state index in [9.17, 15) is 4.79 Å². The molecule has 0 aliphatic carbocycles. The molecule has 1 unspecified atom stereocenters. The summed E-state index contributed by atoms with van der Waals surface area (Å²) in [4.78, 5) is 18.1. The van der Waals surface area contributed by atoms with Crippen LogP contribution >= 0.6 is 0 Å². The molecule has 0 fully saturated rings. The fourth-order valence-corrected chi connectivity index (χ4v) is 5.51. The van der Waals surface area contributed by atoms with Crippen LogP contribution in [0.5, 0.6) is 11.5 Å². The quantitative estimate of drug-likeness (QED) is 0.252. The Bertz CT molecular complexity index is 1540. The van der Waals surface area contributed by atoms with Crippen molar-refractivity contribution in [2.24, 2.45) is 0 Å². The van der Waals surface area contributed by atoms with Crippen LogP contribution in [0.15, 0.2) is 103 Å². The summed E-state index contributed by atoms with van der Waals surface area (Å²) in [6, 6.07) is 32.9. The zero-order valence-corrected chi connectivity index (χ0v) is 21.9. The lowest BCUT2D eigenvalue weighted by molar-refractivity contribution is -0.121. The standard InChI is InChI=1S/C33H31N3O3/c1-23-9-8-14-32-35-21-29(36(23)32)28(26-15-16-30-31(19-26)39-22-38-30)20-33(37)34-18-17-27(24-10-4-2-5-11-24)25-12-6-3-7-13-25/h2-16,19,21,27-28H,17-18,20,22H2,1H3,(H,34,37). The van der Waals surface area contributed by atoms with Crippen molar-refractivity contribution in [1.29, 1.82) is 0 Å². The molecule has 5 aromatic rings. The minimum Gasteiger partial charge on any atom is -0.454 e. The van der Waals surface area contributed by atoms with Crippen LogP contribution in [0.1, 0.15) is 52.8 Å². The summed E-state index contributed by atoms with van der Waals surface area (Å²) in [5, 5.41) is 3.21. The molecule has 1 amide bonds. The molecule has 0 spiro atoms. The molecule has 0 bridgehead atoms. The van der Waals surface area contributed by atoms with Crippen LogP contribution in [0.25, 0.3) is 5.65 Å². The average molecular weight is 518 g/mol. The first-order chi connectivity index (χ1) is 19.2. The summed E-state index contributed by atoms with van der Waals surface area (Å²) in [5.41, 5.74) is 6.40. The molecule has 3 heterocycles. The van der Waals surface area contributed by atoms with Crippen LogP contribution in [-0.2, 0) is 4.79 Å². The highest BCUT2D eigenvalue weighted by atomic mass is 16.7. The normalized spacial score (nSPS) is 13.1. The van der Waals surface area contributed by atoms with Gasteiger partial charge >= 0.3 is 0 Å². The number of nitrogens with one attached hydrogen (secondary N) is 1.